The molecule has 12 heteroatoms. The van der Waals surface area contributed by atoms with Crippen LogP contribution in [0.4, 0.5) is 4.79 Å². The molecule has 1 unspecified atom stereocenters. The van der Waals surface area contributed by atoms with Crippen molar-refractivity contribution in [3.8, 4) is 17.2 Å². The fourth-order valence-corrected chi connectivity index (χ4v) is 6.25. The maximum absolute atomic E-state index is 13.6. The summed E-state index contributed by atoms with van der Waals surface area (Å²) < 4.78 is 16.7. The normalized spacial score (nSPS) is 22.3. The van der Waals surface area contributed by atoms with Gasteiger partial charge in [0.05, 0.1) is 19.6 Å². The molecular weight excluding hydrogens is 530 g/mol. The molecule has 0 radical (unpaired) electrons. The van der Waals surface area contributed by atoms with E-state index in [-0.39, 0.29) is 25.3 Å². The van der Waals surface area contributed by atoms with Crippen LogP contribution in [0.25, 0.3) is 0 Å². The number of aliphatic carboxylic acids is 1. The van der Waals surface area contributed by atoms with Gasteiger partial charge in [0.25, 0.3) is 0 Å². The van der Waals surface area contributed by atoms with E-state index < -0.39 is 23.8 Å². The molecule has 12 nitrogen and oxygen atoms in total. The van der Waals surface area contributed by atoms with Crippen LogP contribution in [-0.4, -0.2) is 122 Å². The number of benzene rings is 1. The number of hydrogen-bond donors (Lipinski definition) is 2. The number of carbonyl (C=O) groups excluding carboxylic acids is 2. The number of methoxy groups -OCH3 is 1. The first-order valence-corrected chi connectivity index (χ1v) is 14.7. The Bertz CT molecular complexity index is 1080. The Morgan fingerprint density at radius 1 is 1.20 bits per heavy atom. The van der Waals surface area contributed by atoms with Crippen molar-refractivity contribution in [2.75, 3.05) is 73.3 Å². The average molecular weight is 576 g/mol. The van der Waals surface area contributed by atoms with Crippen LogP contribution in [0.15, 0.2) is 12.1 Å². The number of nitrogens with two attached hydrogens (primary N) is 1. The molecule has 2 saturated heterocycles. The van der Waals surface area contributed by atoms with Crippen LogP contribution in [0.5, 0.6) is 17.2 Å². The number of carbonyl (C=O) groups is 3. The van der Waals surface area contributed by atoms with Gasteiger partial charge in [-0.3, -0.25) is 14.5 Å². The van der Waals surface area contributed by atoms with Gasteiger partial charge in [0.2, 0.25) is 18.4 Å². The van der Waals surface area contributed by atoms with E-state index in [4.69, 9.17) is 19.9 Å². The lowest BCUT2D eigenvalue weighted by atomic mass is 9.84. The summed E-state index contributed by atoms with van der Waals surface area (Å²) in [5.41, 5.74) is 6.50. The largest absolute Gasteiger partial charge is 0.493 e. The minimum Gasteiger partial charge on any atom is -0.493 e. The highest BCUT2D eigenvalue weighted by atomic mass is 16.7. The Labute approximate surface area is 242 Å². The van der Waals surface area contributed by atoms with E-state index in [1.807, 2.05) is 21.9 Å². The summed E-state index contributed by atoms with van der Waals surface area (Å²) in [5.74, 6) is -0.661. The van der Waals surface area contributed by atoms with E-state index in [1.165, 1.54) is 7.11 Å². The smallest absolute Gasteiger partial charge is 0.319 e. The minimum absolute atomic E-state index is 0.0289. The minimum atomic E-state index is -0.931. The van der Waals surface area contributed by atoms with Gasteiger partial charge in [-0.25, -0.2) is 4.79 Å². The third kappa shape index (κ3) is 6.98. The molecule has 0 aliphatic carbocycles. The first kappa shape index (κ1) is 30.7. The van der Waals surface area contributed by atoms with Gasteiger partial charge in [0.1, 0.15) is 0 Å². The number of urea groups is 1. The first-order valence-electron chi connectivity index (χ1n) is 14.7. The zero-order valence-corrected chi connectivity index (χ0v) is 24.5. The number of amides is 3. The molecule has 228 valence electrons. The molecule has 0 bridgehead atoms. The van der Waals surface area contributed by atoms with Crippen molar-refractivity contribution in [3.05, 3.63) is 17.7 Å². The van der Waals surface area contributed by atoms with Gasteiger partial charge in [-0.1, -0.05) is 13.3 Å². The predicted molar refractivity (Wildman–Crippen MR) is 152 cm³/mol. The molecule has 4 rings (SSSR count). The fraction of sp³-hybridized carbons (Fsp3) is 0.690. The van der Waals surface area contributed by atoms with Gasteiger partial charge in [0, 0.05) is 58.3 Å². The van der Waals surface area contributed by atoms with Crippen molar-refractivity contribution in [2.45, 2.75) is 51.0 Å². The number of fused-ring (bicyclic) bond motifs is 1. The molecule has 2 fully saturated rings. The molecule has 3 heterocycles. The zero-order valence-electron chi connectivity index (χ0n) is 24.5. The molecule has 1 aromatic carbocycles. The highest BCUT2D eigenvalue weighted by Crippen LogP contribution is 2.47. The number of carboxylic acid groups (broad SMARTS) is 1. The second-order valence-corrected chi connectivity index (χ2v) is 11.1. The van der Waals surface area contributed by atoms with Crippen LogP contribution < -0.4 is 19.9 Å². The van der Waals surface area contributed by atoms with Crippen molar-refractivity contribution in [1.82, 2.24) is 19.6 Å². The second-order valence-electron chi connectivity index (χ2n) is 11.1. The molecular formula is C29H45N5O7. The van der Waals surface area contributed by atoms with Gasteiger partial charge in [-0.2, -0.15) is 0 Å². The quantitative estimate of drug-likeness (QED) is 0.341. The monoisotopic (exact) mass is 575 g/mol. The molecule has 0 saturated carbocycles. The summed E-state index contributed by atoms with van der Waals surface area (Å²) in [7, 11) is 3.32. The number of nitrogens with zero attached hydrogens (tertiary/aromatic N) is 4. The van der Waals surface area contributed by atoms with Gasteiger partial charge >= 0.3 is 12.0 Å². The molecule has 3 atom stereocenters. The van der Waals surface area contributed by atoms with Crippen molar-refractivity contribution in [3.63, 3.8) is 0 Å². The van der Waals surface area contributed by atoms with Crippen LogP contribution in [0.2, 0.25) is 0 Å². The summed E-state index contributed by atoms with van der Waals surface area (Å²) >= 11 is 0. The Morgan fingerprint density at radius 2 is 1.98 bits per heavy atom. The second kappa shape index (κ2) is 14.1. The third-order valence-corrected chi connectivity index (χ3v) is 8.46. The number of unbranched alkanes of at least 4 members (excludes halogenated alkanes) is 1. The van der Waals surface area contributed by atoms with Crippen LogP contribution in [-0.2, 0) is 9.59 Å². The lowest BCUT2D eigenvalue weighted by molar-refractivity contribution is -0.144. The molecule has 41 heavy (non-hydrogen) atoms. The van der Waals surface area contributed by atoms with Crippen molar-refractivity contribution < 1.29 is 33.7 Å². The first-order chi connectivity index (χ1) is 19.8. The summed E-state index contributed by atoms with van der Waals surface area (Å²) in [4.78, 5) is 46.6. The van der Waals surface area contributed by atoms with E-state index >= 15 is 0 Å². The molecule has 0 aromatic heterocycles. The van der Waals surface area contributed by atoms with Gasteiger partial charge < -0.3 is 39.8 Å². The predicted octanol–water partition coefficient (Wildman–Crippen LogP) is 2.02. The maximum atomic E-state index is 13.6. The van der Waals surface area contributed by atoms with Gasteiger partial charge in [-0.05, 0) is 49.9 Å². The Hall–Kier alpha value is -3.25. The molecule has 3 amide bonds. The maximum Gasteiger partial charge on any atom is 0.319 e. The average Bonchev–Trinajstić information content (AvgIpc) is 3.58. The van der Waals surface area contributed by atoms with Gasteiger partial charge in [0.15, 0.2) is 11.5 Å². The van der Waals surface area contributed by atoms with E-state index in [2.05, 4.69) is 6.92 Å². The number of carboxylic acids is 1. The van der Waals surface area contributed by atoms with Crippen LogP contribution >= 0.6 is 0 Å². The summed E-state index contributed by atoms with van der Waals surface area (Å²) in [5, 5.41) is 10.5. The summed E-state index contributed by atoms with van der Waals surface area (Å²) in [6.45, 7) is 6.13. The Morgan fingerprint density at radius 3 is 2.68 bits per heavy atom. The molecule has 0 spiro atoms. The van der Waals surface area contributed by atoms with Crippen LogP contribution in [0.1, 0.15) is 50.5 Å². The third-order valence-electron chi connectivity index (χ3n) is 8.46. The highest BCUT2D eigenvalue weighted by Gasteiger charge is 2.48. The number of ether oxygens (including phenoxy) is 3. The van der Waals surface area contributed by atoms with Crippen molar-refractivity contribution in [2.24, 2.45) is 11.7 Å². The standard InChI is InChI=1S/C29H45N5O7/c1-4-5-11-32(12-6-9-30)25(35)18-34-17-21(20-15-23(39-3)27-24(16-20)40-19-41-27)26(28(36)37)22(34)8-14-33-13-7-10-31(2)29(33)38/h15-16,21-22,26H,4-14,17-19,30H2,1-3H3,(H,36,37)/t21-,22+,26?/m1/s1. The Kier molecular flexibility index (Phi) is 10.5. The summed E-state index contributed by atoms with van der Waals surface area (Å²) in [6.07, 6.45) is 3.87. The topological polar surface area (TPSA) is 138 Å². The lowest BCUT2D eigenvalue weighted by Crippen LogP contribution is -2.50. The zero-order chi connectivity index (χ0) is 29.5. The summed E-state index contributed by atoms with van der Waals surface area (Å²) in [6, 6.07) is 3.15. The van der Waals surface area contributed by atoms with Crippen LogP contribution in [0.3, 0.4) is 0 Å². The van der Waals surface area contributed by atoms with E-state index in [1.54, 1.807) is 16.8 Å². The van der Waals surface area contributed by atoms with E-state index in [0.29, 0.717) is 75.9 Å². The fourth-order valence-electron chi connectivity index (χ4n) is 6.25. The van der Waals surface area contributed by atoms with Crippen LogP contribution in [0, 0.1) is 5.92 Å². The highest BCUT2D eigenvalue weighted by molar-refractivity contribution is 5.79. The van der Waals surface area contributed by atoms with Gasteiger partial charge in [-0.15, -0.1) is 0 Å². The molecule has 3 N–H and O–H groups in total. The molecule has 3 aliphatic heterocycles. The van der Waals surface area contributed by atoms with E-state index in [9.17, 15) is 19.5 Å². The van der Waals surface area contributed by atoms with Crippen molar-refractivity contribution in [1.29, 1.82) is 0 Å². The molecule has 1 aromatic rings. The SMILES string of the molecule is CCCCN(CCCN)C(=O)CN1C[C@H](c2cc(OC)c3c(c2)OCO3)C(C(=O)O)[C@@H]1CCN1CCCN(C)C1=O. The number of likely N-dealkylation sites (tertiary alicyclic amines) is 1. The number of rotatable bonds is 14. The Balaban J connectivity index is 1.62. The lowest BCUT2D eigenvalue weighted by Gasteiger charge is -2.35. The van der Waals surface area contributed by atoms with Crippen molar-refractivity contribution >= 4 is 17.9 Å². The molecule has 3 aliphatic rings. The number of hydrogen-bond acceptors (Lipinski definition) is 8. The van der Waals surface area contributed by atoms with E-state index in [0.717, 1.165) is 24.8 Å².